The second-order valence-electron chi connectivity index (χ2n) is 8.31. The van der Waals surface area contributed by atoms with Gasteiger partial charge in [-0.3, -0.25) is 9.78 Å². The summed E-state index contributed by atoms with van der Waals surface area (Å²) >= 11 is 0. The van der Waals surface area contributed by atoms with Gasteiger partial charge in [-0.05, 0) is 56.7 Å². The van der Waals surface area contributed by atoms with Gasteiger partial charge in [-0.15, -0.1) is 0 Å². The summed E-state index contributed by atoms with van der Waals surface area (Å²) in [6.07, 6.45) is 3.77. The van der Waals surface area contributed by atoms with Crippen molar-refractivity contribution in [2.24, 2.45) is 11.8 Å². The molecule has 2 aromatic rings. The number of ether oxygens (including phenoxy) is 1. The van der Waals surface area contributed by atoms with Crippen molar-refractivity contribution in [2.75, 3.05) is 25.1 Å². The van der Waals surface area contributed by atoms with E-state index in [1.165, 1.54) is 0 Å². The van der Waals surface area contributed by atoms with E-state index in [2.05, 4.69) is 26.3 Å². The fourth-order valence-electron chi connectivity index (χ4n) is 4.86. The molecule has 1 aliphatic carbocycles. The van der Waals surface area contributed by atoms with Crippen LogP contribution in [0, 0.1) is 25.7 Å². The number of amides is 1. The molecule has 154 valence electrons. The number of pyridine rings is 1. The molecule has 1 saturated carbocycles. The van der Waals surface area contributed by atoms with Crippen molar-refractivity contribution in [2.45, 2.75) is 45.8 Å². The number of hydrogen-bond donors (Lipinski definition) is 1. The van der Waals surface area contributed by atoms with E-state index < -0.39 is 0 Å². The molecule has 1 amide bonds. The highest BCUT2D eigenvalue weighted by Crippen LogP contribution is 2.38. The number of methoxy groups -OCH3 is 1. The van der Waals surface area contributed by atoms with Gasteiger partial charge in [0.2, 0.25) is 11.9 Å². The number of rotatable bonds is 4. The van der Waals surface area contributed by atoms with Crippen LogP contribution in [0.3, 0.4) is 0 Å². The summed E-state index contributed by atoms with van der Waals surface area (Å²) in [6.45, 7) is 7.41. The van der Waals surface area contributed by atoms with E-state index in [9.17, 15) is 4.79 Å². The summed E-state index contributed by atoms with van der Waals surface area (Å²) in [7, 11) is 1.73. The second kappa shape index (κ2) is 8.06. The fraction of sp³-hybridized carbons (Fsp3) is 0.545. The molecule has 0 aromatic carbocycles. The van der Waals surface area contributed by atoms with Gasteiger partial charge in [-0.2, -0.15) is 0 Å². The molecule has 1 saturated heterocycles. The third-order valence-corrected chi connectivity index (χ3v) is 6.24. The van der Waals surface area contributed by atoms with Crippen molar-refractivity contribution in [3.8, 4) is 11.3 Å². The first-order chi connectivity index (χ1) is 13.9. The Kier molecular flexibility index (Phi) is 5.50. The van der Waals surface area contributed by atoms with Gasteiger partial charge in [0.25, 0.3) is 0 Å². The van der Waals surface area contributed by atoms with Crippen molar-refractivity contribution < 1.29 is 9.53 Å². The maximum Gasteiger partial charge on any atom is 0.225 e. The van der Waals surface area contributed by atoms with Crippen molar-refractivity contribution in [3.63, 3.8) is 0 Å². The number of anilines is 1. The summed E-state index contributed by atoms with van der Waals surface area (Å²) in [5.41, 5.74) is 3.93. The number of carbonyl (C=O) groups is 1. The summed E-state index contributed by atoms with van der Waals surface area (Å²) < 4.78 is 5.68. The quantitative estimate of drug-likeness (QED) is 0.857. The van der Waals surface area contributed by atoms with Crippen LogP contribution < -0.4 is 10.2 Å². The fourth-order valence-corrected chi connectivity index (χ4v) is 4.86. The molecule has 2 aromatic heterocycles. The normalized spacial score (nSPS) is 26.3. The predicted molar refractivity (Wildman–Crippen MR) is 112 cm³/mol. The first kappa shape index (κ1) is 19.8. The molecular formula is C22H29N5O2. The van der Waals surface area contributed by atoms with Crippen molar-refractivity contribution >= 4 is 11.9 Å². The second-order valence-corrected chi connectivity index (χ2v) is 8.31. The Labute approximate surface area is 171 Å². The summed E-state index contributed by atoms with van der Waals surface area (Å²) in [6, 6.07) is 6.11. The van der Waals surface area contributed by atoms with Gasteiger partial charge in [0, 0.05) is 50.3 Å². The number of nitrogens with one attached hydrogen (secondary N) is 1. The molecule has 0 bridgehead atoms. The smallest absolute Gasteiger partial charge is 0.225 e. The van der Waals surface area contributed by atoms with E-state index in [4.69, 9.17) is 9.72 Å². The van der Waals surface area contributed by atoms with E-state index in [1.807, 2.05) is 32.2 Å². The maximum absolute atomic E-state index is 11.6. The Balaban J connectivity index is 1.53. The predicted octanol–water partition coefficient (Wildman–Crippen LogP) is 2.52. The van der Waals surface area contributed by atoms with E-state index >= 15 is 0 Å². The molecule has 7 heteroatoms. The molecule has 7 nitrogen and oxygen atoms in total. The topological polar surface area (TPSA) is 80.2 Å². The first-order valence-corrected chi connectivity index (χ1v) is 10.3. The third kappa shape index (κ3) is 4.10. The lowest BCUT2D eigenvalue weighted by atomic mass is 9.77. The number of aromatic nitrogens is 3. The first-order valence-electron chi connectivity index (χ1n) is 10.3. The lowest BCUT2D eigenvalue weighted by Gasteiger charge is -2.37. The Morgan fingerprint density at radius 3 is 2.59 bits per heavy atom. The van der Waals surface area contributed by atoms with E-state index in [1.54, 1.807) is 14.0 Å². The lowest BCUT2D eigenvalue weighted by Crippen LogP contribution is -2.49. The van der Waals surface area contributed by atoms with Crippen LogP contribution in [-0.4, -0.2) is 53.2 Å². The standard InChI is InChI=1S/C22H29N5O2/c1-13-5-6-18(14(2)24-13)19-7-8-23-22(26-19)27-11-16-9-20(25-15(3)28)21(29-4)10-17(16)12-27/h5-8,16-17,20-21H,9-12H2,1-4H3,(H,25,28)/t16-,17+,20-,21-/m1/s1. The molecule has 29 heavy (non-hydrogen) atoms. The van der Waals surface area contributed by atoms with Crippen LogP contribution in [0.1, 0.15) is 31.2 Å². The number of nitrogens with zero attached hydrogens (tertiary/aromatic N) is 4. The molecule has 4 atom stereocenters. The zero-order chi connectivity index (χ0) is 20.5. The van der Waals surface area contributed by atoms with Crippen LogP contribution >= 0.6 is 0 Å². The largest absolute Gasteiger partial charge is 0.379 e. The molecule has 1 N–H and O–H groups in total. The highest BCUT2D eigenvalue weighted by Gasteiger charge is 2.43. The average Bonchev–Trinajstić information content (AvgIpc) is 3.10. The summed E-state index contributed by atoms with van der Waals surface area (Å²) in [5.74, 6) is 1.80. The Morgan fingerprint density at radius 1 is 1.14 bits per heavy atom. The molecule has 2 fully saturated rings. The zero-order valence-electron chi connectivity index (χ0n) is 17.6. The van der Waals surface area contributed by atoms with Crippen LogP contribution in [0.5, 0.6) is 0 Å². The van der Waals surface area contributed by atoms with Crippen LogP contribution in [0.4, 0.5) is 5.95 Å². The van der Waals surface area contributed by atoms with Crippen LogP contribution in [-0.2, 0) is 9.53 Å². The third-order valence-electron chi connectivity index (χ3n) is 6.24. The summed E-state index contributed by atoms with van der Waals surface area (Å²) in [4.78, 5) is 27.8. The molecular weight excluding hydrogens is 366 g/mol. The molecule has 1 aliphatic heterocycles. The Morgan fingerprint density at radius 2 is 1.90 bits per heavy atom. The molecule has 0 radical (unpaired) electrons. The van der Waals surface area contributed by atoms with Crippen molar-refractivity contribution in [1.82, 2.24) is 20.3 Å². The van der Waals surface area contributed by atoms with Crippen LogP contribution in [0.2, 0.25) is 0 Å². The zero-order valence-corrected chi connectivity index (χ0v) is 17.6. The van der Waals surface area contributed by atoms with Gasteiger partial charge in [0.1, 0.15) is 0 Å². The molecule has 3 heterocycles. The van der Waals surface area contributed by atoms with Gasteiger partial charge in [0.15, 0.2) is 0 Å². The van der Waals surface area contributed by atoms with E-state index in [-0.39, 0.29) is 18.1 Å². The van der Waals surface area contributed by atoms with Crippen LogP contribution in [0.25, 0.3) is 11.3 Å². The monoisotopic (exact) mass is 395 g/mol. The van der Waals surface area contributed by atoms with Gasteiger partial charge in [-0.1, -0.05) is 0 Å². The number of hydrogen-bond acceptors (Lipinski definition) is 6. The molecule has 0 spiro atoms. The molecule has 2 aliphatic rings. The van der Waals surface area contributed by atoms with E-state index in [0.717, 1.165) is 54.5 Å². The SMILES string of the molecule is CO[C@@H]1C[C@H]2CN(c3nccc(-c4ccc(C)nc4C)n3)C[C@H]2C[C@H]1NC(C)=O. The number of carbonyl (C=O) groups excluding carboxylic acids is 1. The lowest BCUT2D eigenvalue weighted by molar-refractivity contribution is -0.121. The van der Waals surface area contributed by atoms with Gasteiger partial charge < -0.3 is 15.0 Å². The van der Waals surface area contributed by atoms with Gasteiger partial charge in [-0.25, -0.2) is 9.97 Å². The van der Waals surface area contributed by atoms with Gasteiger partial charge >= 0.3 is 0 Å². The Bertz CT molecular complexity index is 903. The number of aryl methyl sites for hydroxylation is 2. The average molecular weight is 396 g/mol. The van der Waals surface area contributed by atoms with E-state index in [0.29, 0.717) is 11.8 Å². The van der Waals surface area contributed by atoms with Crippen molar-refractivity contribution in [1.29, 1.82) is 0 Å². The van der Waals surface area contributed by atoms with Gasteiger partial charge in [0.05, 0.1) is 17.8 Å². The minimum Gasteiger partial charge on any atom is -0.379 e. The molecule has 0 unspecified atom stereocenters. The van der Waals surface area contributed by atoms with Crippen LogP contribution in [0.15, 0.2) is 24.4 Å². The number of fused-ring (bicyclic) bond motifs is 1. The maximum atomic E-state index is 11.6. The highest BCUT2D eigenvalue weighted by atomic mass is 16.5. The highest BCUT2D eigenvalue weighted by molar-refractivity contribution is 5.73. The minimum atomic E-state index is 0.00321. The van der Waals surface area contributed by atoms with Crippen molar-refractivity contribution in [3.05, 3.63) is 35.8 Å². The Hall–Kier alpha value is -2.54. The molecule has 4 rings (SSSR count). The summed E-state index contributed by atoms with van der Waals surface area (Å²) in [5, 5.41) is 3.07. The minimum absolute atomic E-state index is 0.00321.